The Morgan fingerprint density at radius 2 is 2.26 bits per heavy atom. The van der Waals surface area contributed by atoms with E-state index in [1.54, 1.807) is 7.11 Å². The topological polar surface area (TPSA) is 39.1 Å². The van der Waals surface area contributed by atoms with E-state index in [0.717, 1.165) is 28.9 Å². The van der Waals surface area contributed by atoms with Crippen LogP contribution in [0.2, 0.25) is 5.02 Å². The minimum absolute atomic E-state index is 0.698. The van der Waals surface area contributed by atoms with Crippen LogP contribution in [0.3, 0.4) is 0 Å². The highest BCUT2D eigenvalue weighted by Gasteiger charge is 2.05. The molecule has 1 N–H and O–H groups in total. The first kappa shape index (κ1) is 14.5. The second-order valence-electron chi connectivity index (χ2n) is 4.02. The summed E-state index contributed by atoms with van der Waals surface area (Å²) in [7, 11) is 1.69. The van der Waals surface area contributed by atoms with Gasteiger partial charge in [0.15, 0.2) is 0 Å². The number of hydrogen-bond donors (Lipinski definition) is 1. The van der Waals surface area contributed by atoms with Crippen LogP contribution in [0.5, 0.6) is 0 Å². The van der Waals surface area contributed by atoms with Crippen molar-refractivity contribution in [3.8, 4) is 5.69 Å². The molecule has 6 heteroatoms. The third-order valence-electron chi connectivity index (χ3n) is 2.59. The largest absolute Gasteiger partial charge is 0.383 e. The zero-order valence-electron chi connectivity index (χ0n) is 10.6. The van der Waals surface area contributed by atoms with Crippen molar-refractivity contribution in [1.29, 1.82) is 0 Å². The van der Waals surface area contributed by atoms with Crippen molar-refractivity contribution in [2.45, 2.75) is 6.54 Å². The summed E-state index contributed by atoms with van der Waals surface area (Å²) in [5.41, 5.74) is 1.95. The van der Waals surface area contributed by atoms with Gasteiger partial charge in [0.1, 0.15) is 0 Å². The molecular formula is C13H15BrClN3O. The second-order valence-corrected chi connectivity index (χ2v) is 5.31. The van der Waals surface area contributed by atoms with E-state index in [2.05, 4.69) is 26.3 Å². The molecule has 0 aliphatic rings. The molecular weight excluding hydrogens is 330 g/mol. The Labute approximate surface area is 125 Å². The molecule has 102 valence electrons. The number of ether oxygens (including phenoxy) is 1. The van der Waals surface area contributed by atoms with E-state index in [9.17, 15) is 0 Å². The molecule has 0 amide bonds. The standard InChI is InChI=1S/C13H15BrClN3O/c1-19-7-5-16-9-11-4-6-18(17-11)13-3-2-10(15)8-12(13)14/h2-4,6,8,16H,5,7,9H2,1H3. The van der Waals surface area contributed by atoms with Gasteiger partial charge in [0.25, 0.3) is 0 Å². The predicted molar refractivity (Wildman–Crippen MR) is 79.9 cm³/mol. The zero-order chi connectivity index (χ0) is 13.7. The van der Waals surface area contributed by atoms with Crippen LogP contribution in [-0.2, 0) is 11.3 Å². The maximum absolute atomic E-state index is 5.93. The maximum Gasteiger partial charge on any atom is 0.0788 e. The minimum atomic E-state index is 0.698. The van der Waals surface area contributed by atoms with Gasteiger partial charge in [-0.05, 0) is 40.2 Å². The number of nitrogens with one attached hydrogen (secondary N) is 1. The summed E-state index contributed by atoms with van der Waals surface area (Å²) in [5, 5.41) is 8.46. The predicted octanol–water partition coefficient (Wildman–Crippen LogP) is 3.02. The molecule has 19 heavy (non-hydrogen) atoms. The molecule has 0 saturated heterocycles. The first-order chi connectivity index (χ1) is 9.20. The Kier molecular flexibility index (Phi) is 5.39. The fourth-order valence-electron chi connectivity index (χ4n) is 1.65. The average Bonchev–Trinajstić information content (AvgIpc) is 2.83. The highest BCUT2D eigenvalue weighted by molar-refractivity contribution is 9.10. The Hall–Kier alpha value is -0.880. The first-order valence-electron chi connectivity index (χ1n) is 5.90. The van der Waals surface area contributed by atoms with Gasteiger partial charge in [-0.2, -0.15) is 5.10 Å². The maximum atomic E-state index is 5.93. The monoisotopic (exact) mass is 343 g/mol. The van der Waals surface area contributed by atoms with E-state index < -0.39 is 0 Å². The number of benzene rings is 1. The molecule has 1 aromatic heterocycles. The average molecular weight is 345 g/mol. The lowest BCUT2D eigenvalue weighted by Gasteiger charge is -2.05. The van der Waals surface area contributed by atoms with Crippen molar-refractivity contribution in [2.75, 3.05) is 20.3 Å². The van der Waals surface area contributed by atoms with Crippen LogP contribution >= 0.6 is 27.5 Å². The van der Waals surface area contributed by atoms with Crippen molar-refractivity contribution < 1.29 is 4.74 Å². The van der Waals surface area contributed by atoms with Crippen molar-refractivity contribution >= 4 is 27.5 Å². The summed E-state index contributed by atoms with van der Waals surface area (Å²) in [5.74, 6) is 0. The molecule has 0 radical (unpaired) electrons. The summed E-state index contributed by atoms with van der Waals surface area (Å²) in [6, 6.07) is 7.62. The smallest absolute Gasteiger partial charge is 0.0788 e. The number of hydrogen-bond acceptors (Lipinski definition) is 3. The molecule has 0 atom stereocenters. The Balaban J connectivity index is 2.04. The van der Waals surface area contributed by atoms with Gasteiger partial charge in [-0.3, -0.25) is 0 Å². The molecule has 2 aromatic rings. The van der Waals surface area contributed by atoms with Gasteiger partial charge in [-0.1, -0.05) is 11.6 Å². The molecule has 0 unspecified atom stereocenters. The van der Waals surface area contributed by atoms with Crippen LogP contribution in [-0.4, -0.2) is 30.0 Å². The lowest BCUT2D eigenvalue weighted by atomic mass is 10.3. The van der Waals surface area contributed by atoms with Crippen LogP contribution in [0.25, 0.3) is 5.69 Å². The first-order valence-corrected chi connectivity index (χ1v) is 7.07. The molecule has 1 heterocycles. The van der Waals surface area contributed by atoms with Gasteiger partial charge in [-0.15, -0.1) is 0 Å². The third kappa shape index (κ3) is 4.04. The van der Waals surface area contributed by atoms with E-state index in [-0.39, 0.29) is 0 Å². The van der Waals surface area contributed by atoms with Crippen LogP contribution in [0.4, 0.5) is 0 Å². The molecule has 0 saturated carbocycles. The Bertz CT molecular complexity index is 544. The van der Waals surface area contributed by atoms with Gasteiger partial charge in [0, 0.05) is 35.9 Å². The fourth-order valence-corrected chi connectivity index (χ4v) is 2.51. The van der Waals surface area contributed by atoms with Crippen molar-refractivity contribution in [3.63, 3.8) is 0 Å². The van der Waals surface area contributed by atoms with Gasteiger partial charge < -0.3 is 10.1 Å². The molecule has 0 aliphatic carbocycles. The van der Waals surface area contributed by atoms with E-state index in [4.69, 9.17) is 16.3 Å². The number of halogens is 2. The second kappa shape index (κ2) is 7.05. The molecule has 2 rings (SSSR count). The normalized spacial score (nSPS) is 10.9. The highest BCUT2D eigenvalue weighted by atomic mass is 79.9. The molecule has 1 aromatic carbocycles. The molecule has 4 nitrogen and oxygen atoms in total. The van der Waals surface area contributed by atoms with Crippen LogP contribution in [0.1, 0.15) is 5.69 Å². The summed E-state index contributed by atoms with van der Waals surface area (Å²) >= 11 is 9.42. The van der Waals surface area contributed by atoms with Gasteiger partial charge in [0.05, 0.1) is 18.0 Å². The Morgan fingerprint density at radius 1 is 1.42 bits per heavy atom. The number of aromatic nitrogens is 2. The Morgan fingerprint density at radius 3 is 3.00 bits per heavy atom. The lowest BCUT2D eigenvalue weighted by molar-refractivity contribution is 0.199. The van der Waals surface area contributed by atoms with E-state index in [1.807, 2.05) is 35.1 Å². The zero-order valence-corrected chi connectivity index (χ0v) is 12.9. The van der Waals surface area contributed by atoms with Crippen LogP contribution in [0, 0.1) is 0 Å². The minimum Gasteiger partial charge on any atom is -0.383 e. The highest BCUT2D eigenvalue weighted by Crippen LogP contribution is 2.24. The SMILES string of the molecule is COCCNCc1ccn(-c2ccc(Cl)cc2Br)n1. The summed E-state index contributed by atoms with van der Waals surface area (Å²) in [6.07, 6.45) is 1.93. The quantitative estimate of drug-likeness (QED) is 0.819. The van der Waals surface area contributed by atoms with E-state index in [1.165, 1.54) is 0 Å². The summed E-state index contributed by atoms with van der Waals surface area (Å²) in [4.78, 5) is 0. The van der Waals surface area contributed by atoms with Crippen molar-refractivity contribution in [2.24, 2.45) is 0 Å². The molecule has 0 spiro atoms. The number of rotatable bonds is 6. The molecule has 0 fully saturated rings. The van der Waals surface area contributed by atoms with Gasteiger partial charge in [0.2, 0.25) is 0 Å². The number of methoxy groups -OCH3 is 1. The van der Waals surface area contributed by atoms with E-state index >= 15 is 0 Å². The van der Waals surface area contributed by atoms with Crippen LogP contribution < -0.4 is 5.32 Å². The van der Waals surface area contributed by atoms with Crippen molar-refractivity contribution in [3.05, 3.63) is 45.7 Å². The fraction of sp³-hybridized carbons (Fsp3) is 0.308. The third-order valence-corrected chi connectivity index (χ3v) is 3.46. The summed E-state index contributed by atoms with van der Waals surface area (Å²) < 4.78 is 7.72. The lowest BCUT2D eigenvalue weighted by Crippen LogP contribution is -2.18. The summed E-state index contributed by atoms with van der Waals surface area (Å²) in [6.45, 7) is 2.24. The molecule has 0 aliphatic heterocycles. The van der Waals surface area contributed by atoms with Gasteiger partial charge >= 0.3 is 0 Å². The number of nitrogens with zero attached hydrogens (tertiary/aromatic N) is 2. The van der Waals surface area contributed by atoms with Crippen LogP contribution in [0.15, 0.2) is 34.9 Å². The molecule has 0 bridgehead atoms. The van der Waals surface area contributed by atoms with Crippen molar-refractivity contribution in [1.82, 2.24) is 15.1 Å². The van der Waals surface area contributed by atoms with E-state index in [0.29, 0.717) is 11.6 Å². The van der Waals surface area contributed by atoms with Gasteiger partial charge in [-0.25, -0.2) is 4.68 Å².